The van der Waals surface area contributed by atoms with E-state index in [1.165, 1.54) is 23.0 Å². The summed E-state index contributed by atoms with van der Waals surface area (Å²) in [7, 11) is 0. The third kappa shape index (κ3) is 2.44. The van der Waals surface area contributed by atoms with Gasteiger partial charge in [-0.1, -0.05) is 30.3 Å². The number of carbonyl (C=O) groups is 1. The van der Waals surface area contributed by atoms with E-state index in [0.717, 1.165) is 5.56 Å². The molecule has 0 spiro atoms. The minimum absolute atomic E-state index is 0.109. The van der Waals surface area contributed by atoms with Gasteiger partial charge in [0, 0.05) is 5.56 Å². The van der Waals surface area contributed by atoms with Crippen LogP contribution in [0.25, 0.3) is 17.1 Å². The molecule has 0 aliphatic rings. The highest BCUT2D eigenvalue weighted by atomic mass is 16.4. The van der Waals surface area contributed by atoms with Crippen LogP contribution in [0.2, 0.25) is 0 Å². The molecule has 0 saturated heterocycles. The number of aromatic nitrogens is 4. The van der Waals surface area contributed by atoms with Gasteiger partial charge >= 0.3 is 5.97 Å². The Labute approximate surface area is 119 Å². The van der Waals surface area contributed by atoms with Crippen LogP contribution in [0.3, 0.4) is 0 Å². The largest absolute Gasteiger partial charge is 0.478 e. The average Bonchev–Trinajstić information content (AvgIpc) is 2.98. The fourth-order valence-electron chi connectivity index (χ4n) is 1.87. The molecule has 1 heterocycles. The summed E-state index contributed by atoms with van der Waals surface area (Å²) in [5.74, 6) is -0.602. The molecule has 7 heteroatoms. The van der Waals surface area contributed by atoms with E-state index in [9.17, 15) is 4.79 Å². The Kier molecular flexibility index (Phi) is 3.07. The van der Waals surface area contributed by atoms with Crippen molar-refractivity contribution in [2.45, 2.75) is 0 Å². The van der Waals surface area contributed by atoms with Gasteiger partial charge in [0.1, 0.15) is 5.69 Å². The first kappa shape index (κ1) is 12.8. The summed E-state index contributed by atoms with van der Waals surface area (Å²) in [6.07, 6.45) is 0. The fourth-order valence-corrected chi connectivity index (χ4v) is 1.87. The number of nitrogen functional groups attached to an aromatic ring is 1. The molecule has 3 N–H and O–H groups in total. The zero-order valence-electron chi connectivity index (χ0n) is 10.8. The van der Waals surface area contributed by atoms with Gasteiger partial charge in [-0.15, -0.1) is 15.0 Å². The van der Waals surface area contributed by atoms with E-state index in [0.29, 0.717) is 17.2 Å². The van der Waals surface area contributed by atoms with Gasteiger partial charge in [-0.25, -0.2) is 4.79 Å². The zero-order valence-corrected chi connectivity index (χ0v) is 10.8. The number of anilines is 1. The predicted octanol–water partition coefficient (Wildman–Crippen LogP) is 1.61. The Morgan fingerprint density at radius 3 is 2.62 bits per heavy atom. The molecule has 21 heavy (non-hydrogen) atoms. The maximum Gasteiger partial charge on any atom is 0.335 e. The minimum atomic E-state index is -1.04. The summed E-state index contributed by atoms with van der Waals surface area (Å²) in [6, 6.07) is 13.7. The van der Waals surface area contributed by atoms with Crippen molar-refractivity contribution in [3.8, 4) is 17.1 Å². The molecule has 0 atom stereocenters. The number of nitrogens with two attached hydrogens (primary N) is 1. The number of benzene rings is 2. The van der Waals surface area contributed by atoms with Gasteiger partial charge in [-0.2, -0.15) is 0 Å². The molecule has 0 radical (unpaired) electrons. The van der Waals surface area contributed by atoms with Crippen molar-refractivity contribution in [2.24, 2.45) is 0 Å². The molecule has 0 aliphatic carbocycles. The third-order valence-electron chi connectivity index (χ3n) is 2.94. The fraction of sp³-hybridized carbons (Fsp3) is 0. The number of aromatic carboxylic acids is 1. The zero-order chi connectivity index (χ0) is 14.8. The topological polar surface area (TPSA) is 107 Å². The summed E-state index contributed by atoms with van der Waals surface area (Å²) in [6.45, 7) is 0. The standard InChI is InChI=1S/C14H11N5O2/c15-11-7-6-10(14(20)21)8-12(11)19-17-13(16-18-19)9-4-2-1-3-5-9/h1-8H,15H2,(H,20,21). The van der Waals surface area contributed by atoms with Crippen LogP contribution in [0.15, 0.2) is 48.5 Å². The summed E-state index contributed by atoms with van der Waals surface area (Å²) < 4.78 is 0. The van der Waals surface area contributed by atoms with Crippen LogP contribution < -0.4 is 5.73 Å². The molecule has 0 unspecified atom stereocenters. The third-order valence-corrected chi connectivity index (χ3v) is 2.94. The number of hydrogen-bond donors (Lipinski definition) is 2. The molecule has 104 valence electrons. The van der Waals surface area contributed by atoms with E-state index < -0.39 is 5.97 Å². The molecule has 0 saturated carbocycles. The Hall–Kier alpha value is -3.22. The number of carboxylic acid groups (broad SMARTS) is 1. The normalized spacial score (nSPS) is 10.5. The highest BCUT2D eigenvalue weighted by Crippen LogP contribution is 2.19. The van der Waals surface area contributed by atoms with Gasteiger partial charge in [-0.3, -0.25) is 0 Å². The molecule has 7 nitrogen and oxygen atoms in total. The van der Waals surface area contributed by atoms with Crippen molar-refractivity contribution in [1.29, 1.82) is 0 Å². The molecule has 3 aromatic rings. The SMILES string of the molecule is Nc1ccc(C(=O)O)cc1-n1nnc(-c2ccccc2)n1. The second kappa shape index (κ2) is 5.04. The summed E-state index contributed by atoms with van der Waals surface area (Å²) in [4.78, 5) is 12.2. The summed E-state index contributed by atoms with van der Waals surface area (Å²) in [5.41, 5.74) is 7.52. The summed E-state index contributed by atoms with van der Waals surface area (Å²) in [5, 5.41) is 21.1. The summed E-state index contributed by atoms with van der Waals surface area (Å²) >= 11 is 0. The van der Waals surface area contributed by atoms with E-state index in [4.69, 9.17) is 10.8 Å². The lowest BCUT2D eigenvalue weighted by Crippen LogP contribution is -2.06. The highest BCUT2D eigenvalue weighted by Gasteiger charge is 2.12. The molecule has 1 aromatic heterocycles. The molecular weight excluding hydrogens is 270 g/mol. The lowest BCUT2D eigenvalue weighted by atomic mass is 10.2. The van der Waals surface area contributed by atoms with Gasteiger partial charge in [0.25, 0.3) is 0 Å². The Morgan fingerprint density at radius 1 is 1.14 bits per heavy atom. The number of tetrazole rings is 1. The number of rotatable bonds is 3. The van der Waals surface area contributed by atoms with Gasteiger partial charge < -0.3 is 10.8 Å². The van der Waals surface area contributed by atoms with Crippen molar-refractivity contribution in [3.05, 3.63) is 54.1 Å². The van der Waals surface area contributed by atoms with Gasteiger partial charge in [-0.05, 0) is 23.4 Å². The second-order valence-electron chi connectivity index (χ2n) is 4.35. The maximum atomic E-state index is 11.0. The number of hydrogen-bond acceptors (Lipinski definition) is 5. The highest BCUT2D eigenvalue weighted by molar-refractivity contribution is 5.89. The van der Waals surface area contributed by atoms with Crippen LogP contribution in [-0.2, 0) is 0 Å². The predicted molar refractivity (Wildman–Crippen MR) is 76.0 cm³/mol. The first-order valence-corrected chi connectivity index (χ1v) is 6.14. The van der Waals surface area contributed by atoms with E-state index in [2.05, 4.69) is 15.4 Å². The Morgan fingerprint density at radius 2 is 1.90 bits per heavy atom. The van der Waals surface area contributed by atoms with Crippen LogP contribution in [0.1, 0.15) is 10.4 Å². The van der Waals surface area contributed by atoms with E-state index >= 15 is 0 Å². The quantitative estimate of drug-likeness (QED) is 0.706. The average molecular weight is 281 g/mol. The smallest absolute Gasteiger partial charge is 0.335 e. The van der Waals surface area contributed by atoms with Crippen LogP contribution in [0.4, 0.5) is 5.69 Å². The minimum Gasteiger partial charge on any atom is -0.478 e. The van der Waals surface area contributed by atoms with Crippen molar-refractivity contribution >= 4 is 11.7 Å². The van der Waals surface area contributed by atoms with Crippen molar-refractivity contribution in [2.75, 3.05) is 5.73 Å². The second-order valence-corrected chi connectivity index (χ2v) is 4.35. The van der Waals surface area contributed by atoms with Gasteiger partial charge in [0.05, 0.1) is 11.3 Å². The molecule has 0 bridgehead atoms. The van der Waals surface area contributed by atoms with Gasteiger partial charge in [0.2, 0.25) is 5.82 Å². The first-order valence-electron chi connectivity index (χ1n) is 6.14. The molecule has 0 fully saturated rings. The molecule has 2 aromatic carbocycles. The van der Waals surface area contributed by atoms with Crippen molar-refractivity contribution < 1.29 is 9.90 Å². The molecule has 0 aliphatic heterocycles. The Bertz CT molecular complexity index is 798. The van der Waals surface area contributed by atoms with Crippen LogP contribution >= 0.6 is 0 Å². The van der Waals surface area contributed by atoms with E-state index in [-0.39, 0.29) is 5.56 Å². The van der Waals surface area contributed by atoms with Crippen molar-refractivity contribution in [3.63, 3.8) is 0 Å². The number of nitrogens with zero attached hydrogens (tertiary/aromatic N) is 4. The lowest BCUT2D eigenvalue weighted by molar-refractivity contribution is 0.0697. The van der Waals surface area contributed by atoms with Gasteiger partial charge in [0.15, 0.2) is 0 Å². The van der Waals surface area contributed by atoms with Crippen LogP contribution in [0, 0.1) is 0 Å². The van der Waals surface area contributed by atoms with Crippen molar-refractivity contribution in [1.82, 2.24) is 20.2 Å². The lowest BCUT2D eigenvalue weighted by Gasteiger charge is -2.04. The molecule has 3 rings (SSSR count). The monoisotopic (exact) mass is 281 g/mol. The first-order chi connectivity index (χ1) is 10.1. The Balaban J connectivity index is 2.04. The van der Waals surface area contributed by atoms with Crippen LogP contribution in [-0.4, -0.2) is 31.3 Å². The van der Waals surface area contributed by atoms with E-state index in [1.54, 1.807) is 0 Å². The maximum absolute atomic E-state index is 11.0. The van der Waals surface area contributed by atoms with E-state index in [1.807, 2.05) is 30.3 Å². The molecule has 0 amide bonds. The number of carboxylic acids is 1. The molecular formula is C14H11N5O2. The van der Waals surface area contributed by atoms with Crippen LogP contribution in [0.5, 0.6) is 0 Å².